The van der Waals surface area contributed by atoms with E-state index in [1.165, 1.54) is 0 Å². The molecule has 1 atom stereocenters. The summed E-state index contributed by atoms with van der Waals surface area (Å²) in [5.41, 5.74) is 3.87. The Hall–Kier alpha value is -3.15. The van der Waals surface area contributed by atoms with E-state index in [1.807, 2.05) is 51.1 Å². The van der Waals surface area contributed by atoms with E-state index >= 15 is 0 Å². The van der Waals surface area contributed by atoms with Gasteiger partial charge in [0.25, 0.3) is 11.8 Å². The largest absolute Gasteiger partial charge is 0.454 e. The van der Waals surface area contributed by atoms with Crippen molar-refractivity contribution in [3.63, 3.8) is 0 Å². The number of hydrogen-bond donors (Lipinski definition) is 2. The number of benzene rings is 2. The fourth-order valence-electron chi connectivity index (χ4n) is 2.96. The van der Waals surface area contributed by atoms with E-state index in [4.69, 9.17) is 4.74 Å². The van der Waals surface area contributed by atoms with E-state index in [1.54, 1.807) is 26.0 Å². The minimum atomic E-state index is -0.852. The molecular weight excluding hydrogens is 368 g/mol. The summed E-state index contributed by atoms with van der Waals surface area (Å²) in [7, 11) is 0. The van der Waals surface area contributed by atoms with E-state index in [-0.39, 0.29) is 11.8 Å². The van der Waals surface area contributed by atoms with Crippen LogP contribution in [0, 0.1) is 26.7 Å². The molecule has 2 aromatic rings. The van der Waals surface area contributed by atoms with E-state index < -0.39 is 24.5 Å². The summed E-state index contributed by atoms with van der Waals surface area (Å²) >= 11 is 0. The first-order valence-electron chi connectivity index (χ1n) is 9.60. The Morgan fingerprint density at radius 3 is 2.07 bits per heavy atom. The second-order valence-corrected chi connectivity index (χ2v) is 7.43. The molecule has 0 spiro atoms. The van der Waals surface area contributed by atoms with Crippen LogP contribution in [0.3, 0.4) is 0 Å². The van der Waals surface area contributed by atoms with Crippen molar-refractivity contribution in [1.29, 1.82) is 0 Å². The third-order valence-electron chi connectivity index (χ3n) is 4.69. The lowest BCUT2D eigenvalue weighted by Gasteiger charge is -2.21. The smallest absolute Gasteiger partial charge is 0.329 e. The topological polar surface area (TPSA) is 84.5 Å². The number of ether oxygens (including phenoxy) is 1. The van der Waals surface area contributed by atoms with Crippen molar-refractivity contribution in [2.45, 2.75) is 40.7 Å². The lowest BCUT2D eigenvalue weighted by Crippen LogP contribution is -2.46. The van der Waals surface area contributed by atoms with Gasteiger partial charge < -0.3 is 15.4 Å². The van der Waals surface area contributed by atoms with Crippen LogP contribution < -0.4 is 10.6 Å². The zero-order valence-corrected chi connectivity index (χ0v) is 17.5. The molecule has 154 valence electrons. The Bertz CT molecular complexity index is 885. The van der Waals surface area contributed by atoms with Crippen LogP contribution in [-0.2, 0) is 14.3 Å². The third-order valence-corrected chi connectivity index (χ3v) is 4.69. The fraction of sp³-hybridized carbons (Fsp3) is 0.348. The Kier molecular flexibility index (Phi) is 7.53. The molecule has 0 heterocycles. The molecule has 2 aromatic carbocycles. The summed E-state index contributed by atoms with van der Waals surface area (Å²) in [6.45, 7) is 8.81. The Morgan fingerprint density at radius 1 is 0.897 bits per heavy atom. The molecule has 0 bridgehead atoms. The van der Waals surface area contributed by atoms with Gasteiger partial charge in [-0.3, -0.25) is 9.59 Å². The van der Waals surface area contributed by atoms with Crippen molar-refractivity contribution in [3.8, 4) is 0 Å². The van der Waals surface area contributed by atoms with Crippen LogP contribution in [-0.4, -0.2) is 30.4 Å². The summed E-state index contributed by atoms with van der Waals surface area (Å²) in [6, 6.07) is 12.0. The quantitative estimate of drug-likeness (QED) is 0.701. The Balaban J connectivity index is 1.98. The monoisotopic (exact) mass is 396 g/mol. The molecule has 0 saturated carbocycles. The standard InChI is InChI=1S/C23H28N2O4/c1-14(2)20(25-22(27)18-12-7-6-9-15(18)3)23(28)29-13-19(26)24-21-16(4)10-8-11-17(21)5/h6-12,14,20H,13H2,1-5H3,(H,24,26)(H,25,27)/t20-/m0/s1. The number of nitrogens with one attached hydrogen (secondary N) is 2. The predicted molar refractivity (Wildman–Crippen MR) is 113 cm³/mol. The minimum absolute atomic E-state index is 0.197. The van der Waals surface area contributed by atoms with Gasteiger partial charge in [-0.15, -0.1) is 0 Å². The highest BCUT2D eigenvalue weighted by Gasteiger charge is 2.27. The van der Waals surface area contributed by atoms with Crippen molar-refractivity contribution in [1.82, 2.24) is 5.32 Å². The highest BCUT2D eigenvalue weighted by atomic mass is 16.5. The number of amides is 2. The molecule has 6 nitrogen and oxygen atoms in total. The van der Waals surface area contributed by atoms with Crippen LogP contribution in [0.1, 0.15) is 40.9 Å². The number of rotatable bonds is 7. The first kappa shape index (κ1) is 22.1. The van der Waals surface area contributed by atoms with Crippen molar-refractivity contribution in [2.75, 3.05) is 11.9 Å². The van der Waals surface area contributed by atoms with E-state index in [9.17, 15) is 14.4 Å². The van der Waals surface area contributed by atoms with Gasteiger partial charge in [-0.05, 0) is 49.4 Å². The number of anilines is 1. The molecule has 6 heteroatoms. The zero-order chi connectivity index (χ0) is 21.6. The van der Waals surface area contributed by atoms with Gasteiger partial charge in [-0.2, -0.15) is 0 Å². The minimum Gasteiger partial charge on any atom is -0.454 e. The highest BCUT2D eigenvalue weighted by Crippen LogP contribution is 2.19. The van der Waals surface area contributed by atoms with Crippen LogP contribution in [0.5, 0.6) is 0 Å². The lowest BCUT2D eigenvalue weighted by atomic mass is 10.0. The summed E-state index contributed by atoms with van der Waals surface area (Å²) < 4.78 is 5.18. The van der Waals surface area contributed by atoms with Gasteiger partial charge in [0.05, 0.1) is 0 Å². The van der Waals surface area contributed by atoms with Gasteiger partial charge in [-0.25, -0.2) is 4.79 Å². The summed E-state index contributed by atoms with van der Waals surface area (Å²) in [5.74, 6) is -1.61. The molecule has 0 aliphatic carbocycles. The maximum atomic E-state index is 12.5. The van der Waals surface area contributed by atoms with Crippen LogP contribution in [0.2, 0.25) is 0 Å². The second-order valence-electron chi connectivity index (χ2n) is 7.43. The SMILES string of the molecule is Cc1ccccc1C(=O)N[C@H](C(=O)OCC(=O)Nc1c(C)cccc1C)C(C)C. The average molecular weight is 396 g/mol. The maximum absolute atomic E-state index is 12.5. The first-order chi connectivity index (χ1) is 13.7. The van der Waals surface area contributed by atoms with Crippen molar-refractivity contribution < 1.29 is 19.1 Å². The lowest BCUT2D eigenvalue weighted by molar-refractivity contribution is -0.150. The van der Waals surface area contributed by atoms with Crippen LogP contribution in [0.4, 0.5) is 5.69 Å². The van der Waals surface area contributed by atoms with Crippen LogP contribution in [0.15, 0.2) is 42.5 Å². The average Bonchev–Trinajstić information content (AvgIpc) is 2.67. The maximum Gasteiger partial charge on any atom is 0.329 e. The van der Waals surface area contributed by atoms with Crippen LogP contribution >= 0.6 is 0 Å². The Morgan fingerprint density at radius 2 is 1.48 bits per heavy atom. The molecule has 0 radical (unpaired) electrons. The molecule has 0 fully saturated rings. The normalized spacial score (nSPS) is 11.7. The van der Waals surface area contributed by atoms with Gasteiger partial charge in [0.1, 0.15) is 6.04 Å². The summed E-state index contributed by atoms with van der Waals surface area (Å²) in [5, 5.41) is 5.49. The number of aryl methyl sites for hydroxylation is 3. The number of carbonyl (C=O) groups is 3. The highest BCUT2D eigenvalue weighted by molar-refractivity contribution is 5.98. The second kappa shape index (κ2) is 9.87. The van der Waals surface area contributed by atoms with Crippen molar-refractivity contribution in [2.24, 2.45) is 5.92 Å². The zero-order valence-electron chi connectivity index (χ0n) is 17.5. The number of carbonyl (C=O) groups excluding carboxylic acids is 3. The number of hydrogen-bond acceptors (Lipinski definition) is 4. The van der Waals surface area contributed by atoms with Gasteiger partial charge >= 0.3 is 5.97 Å². The predicted octanol–water partition coefficient (Wildman–Crippen LogP) is 3.55. The van der Waals surface area contributed by atoms with E-state index in [2.05, 4.69) is 10.6 Å². The van der Waals surface area contributed by atoms with Crippen molar-refractivity contribution >= 4 is 23.5 Å². The van der Waals surface area contributed by atoms with Gasteiger partial charge in [-0.1, -0.05) is 50.2 Å². The van der Waals surface area contributed by atoms with Crippen molar-refractivity contribution in [3.05, 3.63) is 64.7 Å². The molecule has 2 rings (SSSR count). The summed E-state index contributed by atoms with van der Waals surface area (Å²) in [6.07, 6.45) is 0. The molecule has 0 aliphatic rings. The molecule has 2 N–H and O–H groups in total. The van der Waals surface area contributed by atoms with Gasteiger partial charge in [0.15, 0.2) is 6.61 Å². The molecule has 0 unspecified atom stereocenters. The molecule has 2 amide bonds. The molecular formula is C23H28N2O4. The van der Waals surface area contributed by atoms with Crippen LogP contribution in [0.25, 0.3) is 0 Å². The van der Waals surface area contributed by atoms with Gasteiger partial charge in [0.2, 0.25) is 0 Å². The molecule has 0 aliphatic heterocycles. The molecule has 0 aromatic heterocycles. The molecule has 0 saturated heterocycles. The van der Waals surface area contributed by atoms with E-state index in [0.29, 0.717) is 11.3 Å². The molecule has 29 heavy (non-hydrogen) atoms. The first-order valence-corrected chi connectivity index (χ1v) is 9.60. The fourth-order valence-corrected chi connectivity index (χ4v) is 2.96. The number of esters is 1. The third kappa shape index (κ3) is 5.91. The van der Waals surface area contributed by atoms with Gasteiger partial charge in [0, 0.05) is 11.3 Å². The number of para-hydroxylation sites is 1. The van der Waals surface area contributed by atoms with E-state index in [0.717, 1.165) is 16.7 Å². The Labute approximate surface area is 171 Å². The summed E-state index contributed by atoms with van der Waals surface area (Å²) in [4.78, 5) is 37.3.